The summed E-state index contributed by atoms with van der Waals surface area (Å²) < 4.78 is 6.03. The van der Waals surface area contributed by atoms with E-state index in [1.54, 1.807) is 13.3 Å². The smallest absolute Gasteiger partial charge is 0.220 e. The third-order valence-corrected chi connectivity index (χ3v) is 6.49. The maximum Gasteiger partial charge on any atom is 0.220 e. The van der Waals surface area contributed by atoms with Crippen molar-refractivity contribution in [1.29, 1.82) is 0 Å². The first-order valence-electron chi connectivity index (χ1n) is 8.51. The Morgan fingerprint density at radius 1 is 1.38 bits per heavy atom. The maximum absolute atomic E-state index is 11.7. The number of fused-ring (bicyclic) bond motifs is 2. The number of methoxy groups -OCH3 is 1. The number of aromatic nitrogens is 1. The Morgan fingerprint density at radius 2 is 2.15 bits per heavy atom. The van der Waals surface area contributed by atoms with Crippen molar-refractivity contribution in [2.75, 3.05) is 25.1 Å². The van der Waals surface area contributed by atoms with E-state index in [-0.39, 0.29) is 11.3 Å². The van der Waals surface area contributed by atoms with Gasteiger partial charge in [0.25, 0.3) is 0 Å². The van der Waals surface area contributed by atoms with Gasteiger partial charge >= 0.3 is 0 Å². The van der Waals surface area contributed by atoms with Gasteiger partial charge in [0.05, 0.1) is 16.6 Å². The lowest BCUT2D eigenvalue weighted by Gasteiger charge is -2.34. The van der Waals surface area contributed by atoms with Crippen LogP contribution in [0.15, 0.2) is 34.9 Å². The number of carbonyl (C=O) groups excluding carboxylic acids is 1. The van der Waals surface area contributed by atoms with E-state index in [4.69, 9.17) is 16.3 Å². The van der Waals surface area contributed by atoms with E-state index in [1.807, 2.05) is 12.1 Å². The van der Waals surface area contributed by atoms with E-state index in [2.05, 4.69) is 43.3 Å². The molecule has 1 fully saturated rings. The van der Waals surface area contributed by atoms with Crippen LogP contribution in [0.5, 0.6) is 5.75 Å². The zero-order valence-corrected chi connectivity index (χ0v) is 16.7. The van der Waals surface area contributed by atoms with Crippen LogP contribution in [0.25, 0.3) is 0 Å². The molecule has 3 heterocycles. The summed E-state index contributed by atoms with van der Waals surface area (Å²) in [4.78, 5) is 18.6. The van der Waals surface area contributed by atoms with Gasteiger partial charge in [0.1, 0.15) is 11.6 Å². The molecule has 7 heteroatoms. The second-order valence-corrected chi connectivity index (χ2v) is 8.11. The molecule has 4 rings (SSSR count). The van der Waals surface area contributed by atoms with Crippen LogP contribution in [0.3, 0.4) is 0 Å². The van der Waals surface area contributed by atoms with E-state index < -0.39 is 0 Å². The quantitative estimate of drug-likeness (QED) is 0.797. The van der Waals surface area contributed by atoms with Gasteiger partial charge in [0.2, 0.25) is 5.91 Å². The number of amides is 1. The molecule has 1 saturated heterocycles. The first-order valence-corrected chi connectivity index (χ1v) is 9.68. The Balaban J connectivity index is 1.69. The van der Waals surface area contributed by atoms with E-state index in [0.29, 0.717) is 18.0 Å². The minimum absolute atomic E-state index is 0.102. The van der Waals surface area contributed by atoms with Crippen LogP contribution >= 0.6 is 27.5 Å². The Labute approximate surface area is 165 Å². The molecule has 2 aliphatic heterocycles. The first-order chi connectivity index (χ1) is 12.5. The van der Waals surface area contributed by atoms with Crippen molar-refractivity contribution in [2.45, 2.75) is 24.8 Å². The number of benzene rings is 1. The summed E-state index contributed by atoms with van der Waals surface area (Å²) in [6.45, 7) is 2.12. The van der Waals surface area contributed by atoms with Gasteiger partial charge < -0.3 is 15.0 Å². The summed E-state index contributed by atoms with van der Waals surface area (Å²) in [6.07, 6.45) is 3.05. The SMILES string of the molecule is COc1ccc(CN2CC3(CCC(=O)NC3)c3c2ncc(Br)c3Cl)cc1. The summed E-state index contributed by atoms with van der Waals surface area (Å²) in [5.74, 6) is 1.85. The predicted octanol–water partition coefficient (Wildman–Crippen LogP) is 3.67. The molecule has 0 bridgehead atoms. The fourth-order valence-electron chi connectivity index (χ4n) is 3.91. The highest BCUT2D eigenvalue weighted by molar-refractivity contribution is 9.10. The molecule has 2 aromatic rings. The van der Waals surface area contributed by atoms with Crippen LogP contribution < -0.4 is 15.0 Å². The van der Waals surface area contributed by atoms with Gasteiger partial charge in [-0.25, -0.2) is 4.98 Å². The summed E-state index contributed by atoms with van der Waals surface area (Å²) in [5.41, 5.74) is 2.03. The number of rotatable bonds is 3. The van der Waals surface area contributed by atoms with E-state index in [1.165, 1.54) is 5.56 Å². The first kappa shape index (κ1) is 17.6. The molecule has 0 saturated carbocycles. The minimum Gasteiger partial charge on any atom is -0.497 e. The molecular weight excluding hydrogens is 418 g/mol. The average Bonchev–Trinajstić information content (AvgIpc) is 2.95. The Kier molecular flexibility index (Phi) is 4.57. The number of halogens is 2. The lowest BCUT2D eigenvalue weighted by molar-refractivity contribution is -0.123. The molecule has 5 nitrogen and oxygen atoms in total. The Bertz CT molecular complexity index is 847. The lowest BCUT2D eigenvalue weighted by atomic mass is 9.76. The standard InChI is InChI=1S/C19H19BrClN3O2/c1-26-13-4-2-12(3-5-13)9-24-11-19(7-6-15(25)23-10-19)16-17(21)14(20)8-22-18(16)24/h2-5,8H,6-7,9-11H2,1H3,(H,23,25). The highest BCUT2D eigenvalue weighted by Gasteiger charge is 2.47. The molecular formula is C19H19BrClN3O2. The van der Waals surface area contributed by atoms with Gasteiger partial charge in [0.15, 0.2) is 0 Å². The van der Waals surface area contributed by atoms with Gasteiger partial charge in [0, 0.05) is 43.2 Å². The molecule has 0 radical (unpaired) electrons. The van der Waals surface area contributed by atoms with Crippen LogP contribution in [0.4, 0.5) is 5.82 Å². The Morgan fingerprint density at radius 3 is 2.81 bits per heavy atom. The molecule has 1 atom stereocenters. The van der Waals surface area contributed by atoms with Gasteiger partial charge in [-0.2, -0.15) is 0 Å². The zero-order valence-electron chi connectivity index (χ0n) is 14.4. The number of nitrogens with zero attached hydrogens (tertiary/aromatic N) is 2. The number of piperidine rings is 1. The third kappa shape index (κ3) is 2.95. The molecule has 136 valence electrons. The number of hydrogen-bond acceptors (Lipinski definition) is 4. The Hall–Kier alpha value is -1.79. The molecule has 2 aliphatic rings. The fourth-order valence-corrected chi connectivity index (χ4v) is 4.55. The second-order valence-electron chi connectivity index (χ2n) is 6.88. The lowest BCUT2D eigenvalue weighted by Crippen LogP contribution is -2.48. The van der Waals surface area contributed by atoms with Crippen molar-refractivity contribution >= 4 is 39.3 Å². The largest absolute Gasteiger partial charge is 0.497 e. The second kappa shape index (κ2) is 6.74. The highest BCUT2D eigenvalue weighted by Crippen LogP contribution is 2.49. The monoisotopic (exact) mass is 435 g/mol. The van der Waals surface area contributed by atoms with Crippen LogP contribution in [-0.2, 0) is 16.8 Å². The molecule has 1 unspecified atom stereocenters. The highest BCUT2D eigenvalue weighted by atomic mass is 79.9. The number of pyridine rings is 1. The normalized spacial score (nSPS) is 21.7. The van der Waals surface area contributed by atoms with Crippen molar-refractivity contribution in [3.05, 3.63) is 51.1 Å². The van der Waals surface area contributed by atoms with Crippen molar-refractivity contribution in [1.82, 2.24) is 10.3 Å². The third-order valence-electron chi connectivity index (χ3n) is 5.26. The van der Waals surface area contributed by atoms with Gasteiger partial charge in [-0.15, -0.1) is 0 Å². The molecule has 1 aromatic carbocycles. The van der Waals surface area contributed by atoms with E-state index in [9.17, 15) is 4.79 Å². The average molecular weight is 437 g/mol. The number of nitrogens with one attached hydrogen (secondary N) is 1. The van der Waals surface area contributed by atoms with Crippen LogP contribution in [0.1, 0.15) is 24.0 Å². The predicted molar refractivity (Wildman–Crippen MR) is 105 cm³/mol. The molecule has 1 aromatic heterocycles. The van der Waals surface area contributed by atoms with Crippen molar-refractivity contribution in [2.24, 2.45) is 0 Å². The van der Waals surface area contributed by atoms with Gasteiger partial charge in [-0.3, -0.25) is 4.79 Å². The number of ether oxygens (including phenoxy) is 1. The summed E-state index contributed by atoms with van der Waals surface area (Å²) in [5, 5.41) is 3.72. The van der Waals surface area contributed by atoms with E-state index >= 15 is 0 Å². The van der Waals surface area contributed by atoms with Crippen LogP contribution in [0, 0.1) is 0 Å². The van der Waals surface area contributed by atoms with Crippen LogP contribution in [-0.4, -0.2) is 31.1 Å². The number of hydrogen-bond donors (Lipinski definition) is 1. The van der Waals surface area contributed by atoms with Gasteiger partial charge in [-0.05, 0) is 40.0 Å². The minimum atomic E-state index is -0.191. The number of carbonyl (C=O) groups is 1. The topological polar surface area (TPSA) is 54.5 Å². The zero-order chi connectivity index (χ0) is 18.3. The fraction of sp³-hybridized carbons (Fsp3) is 0.368. The molecule has 0 aliphatic carbocycles. The summed E-state index contributed by atoms with van der Waals surface area (Å²) in [6, 6.07) is 8.05. The summed E-state index contributed by atoms with van der Waals surface area (Å²) in [7, 11) is 1.66. The molecule has 1 spiro atoms. The van der Waals surface area contributed by atoms with Gasteiger partial charge in [-0.1, -0.05) is 23.7 Å². The summed E-state index contributed by atoms with van der Waals surface area (Å²) >= 11 is 10.2. The molecule has 26 heavy (non-hydrogen) atoms. The van der Waals surface area contributed by atoms with E-state index in [0.717, 1.165) is 41.1 Å². The molecule has 1 amide bonds. The van der Waals surface area contributed by atoms with Crippen LogP contribution in [0.2, 0.25) is 5.02 Å². The van der Waals surface area contributed by atoms with Crippen molar-refractivity contribution < 1.29 is 9.53 Å². The van der Waals surface area contributed by atoms with Crippen molar-refractivity contribution in [3.8, 4) is 5.75 Å². The molecule has 1 N–H and O–H groups in total. The number of anilines is 1. The maximum atomic E-state index is 11.7. The van der Waals surface area contributed by atoms with Crippen molar-refractivity contribution in [3.63, 3.8) is 0 Å².